The summed E-state index contributed by atoms with van der Waals surface area (Å²) in [5, 5.41) is 4.35. The summed E-state index contributed by atoms with van der Waals surface area (Å²) in [5.41, 5.74) is 3.32. The van der Waals surface area contributed by atoms with Crippen molar-refractivity contribution in [3.63, 3.8) is 0 Å². The van der Waals surface area contributed by atoms with E-state index in [-0.39, 0.29) is 5.91 Å². The molecule has 4 rings (SSSR count). The summed E-state index contributed by atoms with van der Waals surface area (Å²) in [6, 6.07) is 20.9. The number of fused-ring (bicyclic) bond motifs is 1. The number of anilines is 1. The monoisotopic (exact) mass is 398 g/mol. The minimum Gasteiger partial charge on any atom is -0.298 e. The zero-order valence-corrected chi connectivity index (χ0v) is 15.7. The van der Waals surface area contributed by atoms with Crippen LogP contribution >= 0.6 is 34.5 Å². The van der Waals surface area contributed by atoms with Crippen LogP contribution in [0.3, 0.4) is 0 Å². The molecule has 0 aliphatic rings. The molecule has 3 aromatic carbocycles. The van der Waals surface area contributed by atoms with Crippen molar-refractivity contribution in [2.24, 2.45) is 0 Å². The summed E-state index contributed by atoms with van der Waals surface area (Å²) in [6.45, 7) is 0. The van der Waals surface area contributed by atoms with E-state index in [4.69, 9.17) is 23.2 Å². The van der Waals surface area contributed by atoms with Gasteiger partial charge in [-0.3, -0.25) is 10.1 Å². The van der Waals surface area contributed by atoms with Gasteiger partial charge in [-0.25, -0.2) is 4.98 Å². The Bertz CT molecular complexity index is 1050. The standard InChI is InChI=1S/C20H12Cl2N2OS/c21-15-10-11-16(22)18-17(15)23-20(26-18)24-19(25)14-8-6-13(7-9-14)12-4-2-1-3-5-12/h1-11H,(H,23,24,25). The lowest BCUT2D eigenvalue weighted by atomic mass is 10.0. The predicted molar refractivity (Wildman–Crippen MR) is 109 cm³/mol. The third-order valence-electron chi connectivity index (χ3n) is 3.92. The topological polar surface area (TPSA) is 42.0 Å². The van der Waals surface area contributed by atoms with E-state index in [2.05, 4.69) is 10.3 Å². The Morgan fingerprint density at radius 1 is 0.846 bits per heavy atom. The summed E-state index contributed by atoms with van der Waals surface area (Å²) < 4.78 is 0.758. The molecular weight excluding hydrogens is 387 g/mol. The zero-order valence-electron chi connectivity index (χ0n) is 13.4. The Labute approximate surface area is 164 Å². The Morgan fingerprint density at radius 2 is 1.50 bits per heavy atom. The highest BCUT2D eigenvalue weighted by Gasteiger charge is 2.13. The minimum absolute atomic E-state index is 0.226. The van der Waals surface area contributed by atoms with Crippen molar-refractivity contribution < 1.29 is 4.79 Å². The maximum Gasteiger partial charge on any atom is 0.257 e. The van der Waals surface area contributed by atoms with Crippen LogP contribution in [0.1, 0.15) is 10.4 Å². The molecule has 0 fully saturated rings. The highest BCUT2D eigenvalue weighted by Crippen LogP contribution is 2.36. The van der Waals surface area contributed by atoms with Crippen LogP contribution in [-0.4, -0.2) is 10.9 Å². The molecule has 0 aliphatic heterocycles. The molecule has 0 bridgehead atoms. The largest absolute Gasteiger partial charge is 0.298 e. The van der Waals surface area contributed by atoms with Gasteiger partial charge in [0.1, 0.15) is 5.52 Å². The maximum absolute atomic E-state index is 12.5. The van der Waals surface area contributed by atoms with Gasteiger partial charge in [-0.05, 0) is 35.4 Å². The van der Waals surface area contributed by atoms with Gasteiger partial charge in [-0.2, -0.15) is 0 Å². The lowest BCUT2D eigenvalue weighted by Crippen LogP contribution is -2.11. The first-order valence-corrected chi connectivity index (χ1v) is 9.40. The van der Waals surface area contributed by atoms with E-state index in [1.807, 2.05) is 42.5 Å². The third kappa shape index (κ3) is 3.31. The van der Waals surface area contributed by atoms with Gasteiger partial charge in [-0.1, -0.05) is 77.0 Å². The summed E-state index contributed by atoms with van der Waals surface area (Å²) in [4.78, 5) is 16.9. The Balaban J connectivity index is 1.57. The number of hydrogen-bond donors (Lipinski definition) is 1. The number of nitrogens with one attached hydrogen (secondary N) is 1. The summed E-state index contributed by atoms with van der Waals surface area (Å²) in [7, 11) is 0. The fraction of sp³-hybridized carbons (Fsp3) is 0. The highest BCUT2D eigenvalue weighted by atomic mass is 35.5. The normalized spacial score (nSPS) is 10.8. The average Bonchev–Trinajstić information content (AvgIpc) is 3.11. The van der Waals surface area contributed by atoms with Crippen LogP contribution in [0.25, 0.3) is 21.3 Å². The molecule has 0 saturated heterocycles. The van der Waals surface area contributed by atoms with Crippen molar-refractivity contribution in [2.45, 2.75) is 0 Å². The van der Waals surface area contributed by atoms with Gasteiger partial charge in [0.15, 0.2) is 5.13 Å². The van der Waals surface area contributed by atoms with Crippen LogP contribution in [0.5, 0.6) is 0 Å². The number of aromatic nitrogens is 1. The third-order valence-corrected chi connectivity index (χ3v) is 5.66. The van der Waals surface area contributed by atoms with Crippen molar-refractivity contribution in [3.05, 3.63) is 82.3 Å². The van der Waals surface area contributed by atoms with Crippen molar-refractivity contribution in [3.8, 4) is 11.1 Å². The molecule has 0 atom stereocenters. The van der Waals surface area contributed by atoms with E-state index in [0.717, 1.165) is 15.8 Å². The van der Waals surface area contributed by atoms with Crippen LogP contribution in [0, 0.1) is 0 Å². The summed E-state index contributed by atoms with van der Waals surface area (Å²) in [5.74, 6) is -0.226. The lowest BCUT2D eigenvalue weighted by Gasteiger charge is -2.04. The first-order chi connectivity index (χ1) is 12.6. The van der Waals surface area contributed by atoms with Crippen LogP contribution in [-0.2, 0) is 0 Å². The van der Waals surface area contributed by atoms with E-state index < -0.39 is 0 Å². The van der Waals surface area contributed by atoms with Crippen LogP contribution in [0.4, 0.5) is 5.13 Å². The molecule has 1 aromatic heterocycles. The van der Waals surface area contributed by atoms with Crippen molar-refractivity contribution >= 4 is 55.8 Å². The van der Waals surface area contributed by atoms with E-state index >= 15 is 0 Å². The molecule has 1 heterocycles. The van der Waals surface area contributed by atoms with Gasteiger partial charge in [0.2, 0.25) is 0 Å². The molecule has 0 aliphatic carbocycles. The first-order valence-electron chi connectivity index (χ1n) is 7.83. The summed E-state index contributed by atoms with van der Waals surface area (Å²) in [6.07, 6.45) is 0. The lowest BCUT2D eigenvalue weighted by molar-refractivity contribution is 0.102. The Kier molecular flexibility index (Phi) is 4.64. The van der Waals surface area contributed by atoms with Gasteiger partial charge >= 0.3 is 0 Å². The van der Waals surface area contributed by atoms with E-state index in [1.54, 1.807) is 24.3 Å². The average molecular weight is 399 g/mol. The molecule has 0 saturated carbocycles. The fourth-order valence-corrected chi connectivity index (χ4v) is 4.03. The minimum atomic E-state index is -0.226. The molecule has 0 unspecified atom stereocenters. The number of nitrogens with zero attached hydrogens (tertiary/aromatic N) is 1. The fourth-order valence-electron chi connectivity index (χ4n) is 2.61. The number of hydrogen-bond acceptors (Lipinski definition) is 3. The maximum atomic E-state index is 12.5. The van der Waals surface area contributed by atoms with Gasteiger partial charge in [0, 0.05) is 5.56 Å². The zero-order chi connectivity index (χ0) is 18.1. The molecule has 0 spiro atoms. The number of carbonyl (C=O) groups excluding carboxylic acids is 1. The SMILES string of the molecule is O=C(Nc1nc2c(Cl)ccc(Cl)c2s1)c1ccc(-c2ccccc2)cc1. The van der Waals surface area contributed by atoms with Crippen molar-refractivity contribution in [2.75, 3.05) is 5.32 Å². The molecule has 1 amide bonds. The second-order valence-corrected chi connectivity index (χ2v) is 7.44. The van der Waals surface area contributed by atoms with E-state index in [1.165, 1.54) is 11.3 Å². The molecule has 0 radical (unpaired) electrons. The van der Waals surface area contributed by atoms with Crippen LogP contribution in [0.15, 0.2) is 66.7 Å². The van der Waals surface area contributed by atoms with Crippen LogP contribution in [0.2, 0.25) is 10.0 Å². The van der Waals surface area contributed by atoms with Gasteiger partial charge in [0.25, 0.3) is 5.91 Å². The number of amides is 1. The first kappa shape index (κ1) is 17.0. The number of rotatable bonds is 3. The molecule has 3 nitrogen and oxygen atoms in total. The van der Waals surface area contributed by atoms with Crippen molar-refractivity contribution in [1.82, 2.24) is 4.98 Å². The quantitative estimate of drug-likeness (QED) is 0.426. The molecule has 26 heavy (non-hydrogen) atoms. The number of carbonyl (C=O) groups is 1. The Morgan fingerprint density at radius 3 is 2.19 bits per heavy atom. The molecule has 128 valence electrons. The number of halogens is 2. The van der Waals surface area contributed by atoms with Crippen molar-refractivity contribution in [1.29, 1.82) is 0 Å². The molecular formula is C20H12Cl2N2OS. The van der Waals surface area contributed by atoms with E-state index in [9.17, 15) is 4.79 Å². The van der Waals surface area contributed by atoms with Gasteiger partial charge in [-0.15, -0.1) is 0 Å². The second-order valence-electron chi connectivity index (χ2n) is 5.62. The smallest absolute Gasteiger partial charge is 0.257 e. The molecule has 4 aromatic rings. The number of benzene rings is 3. The number of thiazole rings is 1. The second kappa shape index (κ2) is 7.08. The van der Waals surface area contributed by atoms with Gasteiger partial charge < -0.3 is 0 Å². The van der Waals surface area contributed by atoms with E-state index in [0.29, 0.717) is 26.3 Å². The van der Waals surface area contributed by atoms with Gasteiger partial charge in [0.05, 0.1) is 14.7 Å². The molecule has 1 N–H and O–H groups in total. The Hall–Kier alpha value is -2.40. The highest BCUT2D eigenvalue weighted by molar-refractivity contribution is 7.23. The van der Waals surface area contributed by atoms with Crippen LogP contribution < -0.4 is 5.32 Å². The molecule has 6 heteroatoms. The predicted octanol–water partition coefficient (Wildman–Crippen LogP) is 6.52. The summed E-state index contributed by atoms with van der Waals surface area (Å²) >= 11 is 13.6.